The molecule has 2 rings (SSSR count). The van der Waals surface area contributed by atoms with Crippen LogP contribution in [0.4, 0.5) is 0 Å². The maximum absolute atomic E-state index is 8.61. The summed E-state index contributed by atoms with van der Waals surface area (Å²) >= 11 is 0. The van der Waals surface area contributed by atoms with Gasteiger partial charge in [0.2, 0.25) is 0 Å². The molecule has 0 radical (unpaired) electrons. The van der Waals surface area contributed by atoms with E-state index in [0.29, 0.717) is 18.3 Å². The lowest BCUT2D eigenvalue weighted by atomic mass is 10.1. The molecule has 1 aliphatic rings. The molecule has 0 heterocycles. The topological polar surface area (TPSA) is 61.8 Å². The summed E-state index contributed by atoms with van der Waals surface area (Å²) in [5.74, 6) is 0.311. The number of amidine groups is 1. The summed E-state index contributed by atoms with van der Waals surface area (Å²) in [6.07, 6.45) is 3.15. The van der Waals surface area contributed by atoms with Gasteiger partial charge in [0.15, 0.2) is 0 Å². The normalized spacial score (nSPS) is 16.1. The Bertz CT molecular complexity index is 446. The number of nitrogens with zero attached hydrogens (tertiary/aromatic N) is 2. The number of hydrogen-bond acceptors (Lipinski definition) is 3. The smallest absolute Gasteiger partial charge is 0.140 e. The minimum Gasteiger partial charge on any atom is -0.409 e. The maximum Gasteiger partial charge on any atom is 0.140 e. The quantitative estimate of drug-likeness (QED) is 0.358. The lowest BCUT2D eigenvalue weighted by Crippen LogP contribution is -2.30. The molecule has 0 aliphatic heterocycles. The van der Waals surface area contributed by atoms with Crippen LogP contribution in [0.3, 0.4) is 0 Å². The number of rotatable bonds is 6. The fourth-order valence-electron chi connectivity index (χ4n) is 2.53. The highest BCUT2D eigenvalue weighted by Crippen LogP contribution is 2.28. The summed E-state index contributed by atoms with van der Waals surface area (Å²) in [4.78, 5) is 2.44. The molecule has 1 aromatic rings. The average Bonchev–Trinajstić information content (AvgIpc) is 3.16. The van der Waals surface area contributed by atoms with Crippen LogP contribution in [0.1, 0.15) is 36.0 Å². The van der Waals surface area contributed by atoms with E-state index in [1.165, 1.54) is 29.5 Å². The van der Waals surface area contributed by atoms with Crippen LogP contribution in [0.25, 0.3) is 0 Å². The van der Waals surface area contributed by atoms with Crippen LogP contribution in [-0.2, 0) is 6.54 Å². The number of hydrogen-bond donors (Lipinski definition) is 2. The van der Waals surface area contributed by atoms with Crippen molar-refractivity contribution in [2.24, 2.45) is 10.9 Å². The molecule has 4 heteroatoms. The highest BCUT2D eigenvalue weighted by atomic mass is 16.4. The van der Waals surface area contributed by atoms with Crippen LogP contribution in [0.15, 0.2) is 23.4 Å². The van der Waals surface area contributed by atoms with E-state index < -0.39 is 0 Å². The van der Waals surface area contributed by atoms with E-state index in [1.54, 1.807) is 0 Å². The maximum atomic E-state index is 8.61. The Labute approximate surface area is 114 Å². The van der Waals surface area contributed by atoms with Gasteiger partial charge in [0.1, 0.15) is 5.84 Å². The summed E-state index contributed by atoms with van der Waals surface area (Å²) in [6.45, 7) is 6.07. The molecule has 0 unspecified atom stereocenters. The first-order valence-corrected chi connectivity index (χ1v) is 6.86. The van der Waals surface area contributed by atoms with E-state index in [2.05, 4.69) is 42.1 Å². The van der Waals surface area contributed by atoms with Crippen LogP contribution in [0.5, 0.6) is 0 Å². The molecule has 1 aromatic carbocycles. The molecule has 0 amide bonds. The van der Waals surface area contributed by atoms with Crippen molar-refractivity contribution in [2.45, 2.75) is 45.7 Å². The largest absolute Gasteiger partial charge is 0.409 e. The Kier molecular flexibility index (Phi) is 4.43. The molecule has 0 bridgehead atoms. The van der Waals surface area contributed by atoms with E-state index >= 15 is 0 Å². The van der Waals surface area contributed by atoms with Gasteiger partial charge in [-0.05, 0) is 32.3 Å². The molecular formula is C15H23N3O. The van der Waals surface area contributed by atoms with Gasteiger partial charge in [-0.25, -0.2) is 0 Å². The number of aryl methyl sites for hydroxylation is 2. The van der Waals surface area contributed by atoms with Crippen molar-refractivity contribution >= 4 is 5.84 Å². The summed E-state index contributed by atoms with van der Waals surface area (Å²) in [5.41, 5.74) is 9.52. The Morgan fingerprint density at radius 1 is 1.32 bits per heavy atom. The Balaban J connectivity index is 1.99. The van der Waals surface area contributed by atoms with Gasteiger partial charge in [-0.3, -0.25) is 4.90 Å². The summed E-state index contributed by atoms with van der Waals surface area (Å²) in [6, 6.07) is 7.35. The minimum atomic E-state index is 0.311. The van der Waals surface area contributed by atoms with Crippen molar-refractivity contribution in [1.29, 1.82) is 0 Å². The monoisotopic (exact) mass is 261 g/mol. The van der Waals surface area contributed by atoms with Crippen molar-refractivity contribution in [3.8, 4) is 0 Å². The average molecular weight is 261 g/mol. The summed E-state index contributed by atoms with van der Waals surface area (Å²) < 4.78 is 0. The third-order valence-corrected chi connectivity index (χ3v) is 3.51. The Morgan fingerprint density at radius 3 is 2.47 bits per heavy atom. The Morgan fingerprint density at radius 2 is 1.95 bits per heavy atom. The predicted octanol–water partition coefficient (Wildman–Crippen LogP) is 2.40. The van der Waals surface area contributed by atoms with E-state index in [-0.39, 0.29) is 0 Å². The first-order valence-electron chi connectivity index (χ1n) is 6.86. The SMILES string of the molecule is Cc1cc(C)cc(CN(CCC(N)=NO)C2CC2)c1. The van der Waals surface area contributed by atoms with Gasteiger partial charge in [0.25, 0.3) is 0 Å². The third kappa shape index (κ3) is 4.24. The van der Waals surface area contributed by atoms with Crippen molar-refractivity contribution in [1.82, 2.24) is 4.90 Å². The molecular weight excluding hydrogens is 238 g/mol. The van der Waals surface area contributed by atoms with Crippen molar-refractivity contribution < 1.29 is 5.21 Å². The fourth-order valence-corrected chi connectivity index (χ4v) is 2.53. The second-order valence-corrected chi connectivity index (χ2v) is 5.54. The second-order valence-electron chi connectivity index (χ2n) is 5.54. The zero-order chi connectivity index (χ0) is 13.8. The number of oxime groups is 1. The highest BCUT2D eigenvalue weighted by molar-refractivity contribution is 5.79. The van der Waals surface area contributed by atoms with E-state index in [0.717, 1.165) is 13.1 Å². The van der Waals surface area contributed by atoms with Gasteiger partial charge in [0.05, 0.1) is 0 Å². The second kappa shape index (κ2) is 6.06. The molecule has 104 valence electrons. The lowest BCUT2D eigenvalue weighted by molar-refractivity contribution is 0.259. The zero-order valence-electron chi connectivity index (χ0n) is 11.8. The molecule has 19 heavy (non-hydrogen) atoms. The first kappa shape index (κ1) is 13.9. The van der Waals surface area contributed by atoms with E-state index in [1.807, 2.05) is 0 Å². The van der Waals surface area contributed by atoms with Gasteiger partial charge in [-0.2, -0.15) is 0 Å². The van der Waals surface area contributed by atoms with Gasteiger partial charge in [-0.15, -0.1) is 0 Å². The van der Waals surface area contributed by atoms with Crippen molar-refractivity contribution in [3.05, 3.63) is 34.9 Å². The van der Waals surface area contributed by atoms with Crippen molar-refractivity contribution in [3.63, 3.8) is 0 Å². The standard InChI is InChI=1S/C15H23N3O/c1-11-7-12(2)9-13(8-11)10-18(14-3-4-14)6-5-15(16)17-19/h7-9,14,19H,3-6,10H2,1-2H3,(H2,16,17). The molecule has 0 aromatic heterocycles. The molecule has 3 N–H and O–H groups in total. The predicted molar refractivity (Wildman–Crippen MR) is 77.4 cm³/mol. The van der Waals surface area contributed by atoms with E-state index in [9.17, 15) is 0 Å². The van der Waals surface area contributed by atoms with Crippen LogP contribution >= 0.6 is 0 Å². The molecule has 1 saturated carbocycles. The third-order valence-electron chi connectivity index (χ3n) is 3.51. The highest BCUT2D eigenvalue weighted by Gasteiger charge is 2.28. The van der Waals surface area contributed by atoms with Crippen molar-refractivity contribution in [2.75, 3.05) is 6.54 Å². The van der Waals surface area contributed by atoms with E-state index in [4.69, 9.17) is 10.9 Å². The van der Waals surface area contributed by atoms with Gasteiger partial charge < -0.3 is 10.9 Å². The number of benzene rings is 1. The molecule has 0 atom stereocenters. The molecule has 0 saturated heterocycles. The number of nitrogens with two attached hydrogens (primary N) is 1. The molecule has 0 spiro atoms. The van der Waals surface area contributed by atoms with Crippen LogP contribution in [0, 0.1) is 13.8 Å². The molecule has 4 nitrogen and oxygen atoms in total. The Hall–Kier alpha value is -1.55. The molecule has 1 aliphatic carbocycles. The van der Waals surface area contributed by atoms with Crippen LogP contribution in [0.2, 0.25) is 0 Å². The van der Waals surface area contributed by atoms with Crippen LogP contribution in [-0.4, -0.2) is 28.5 Å². The summed E-state index contributed by atoms with van der Waals surface area (Å²) in [7, 11) is 0. The summed E-state index contributed by atoms with van der Waals surface area (Å²) in [5, 5.41) is 11.7. The van der Waals surface area contributed by atoms with Gasteiger partial charge >= 0.3 is 0 Å². The molecule has 1 fully saturated rings. The van der Waals surface area contributed by atoms with Gasteiger partial charge in [0, 0.05) is 25.6 Å². The minimum absolute atomic E-state index is 0.311. The zero-order valence-corrected chi connectivity index (χ0v) is 11.8. The van der Waals surface area contributed by atoms with Gasteiger partial charge in [-0.1, -0.05) is 34.5 Å². The fraction of sp³-hybridized carbons (Fsp3) is 0.533. The lowest BCUT2D eigenvalue weighted by Gasteiger charge is -2.22. The first-order chi connectivity index (χ1) is 9.08. The van der Waals surface area contributed by atoms with Crippen LogP contribution < -0.4 is 5.73 Å².